The average molecular weight is 751 g/mol. The lowest BCUT2D eigenvalue weighted by molar-refractivity contribution is 0.874. The maximum absolute atomic E-state index is 5.48. The summed E-state index contributed by atoms with van der Waals surface area (Å²) in [7, 11) is 0. The van der Waals surface area contributed by atoms with Crippen molar-refractivity contribution in [3.63, 3.8) is 0 Å². The van der Waals surface area contributed by atoms with Crippen LogP contribution in [0, 0.1) is 0 Å². The molecule has 0 N–H and O–H groups in total. The minimum Gasteiger partial charge on any atom is -0.324 e. The zero-order chi connectivity index (χ0) is 39.3. The summed E-state index contributed by atoms with van der Waals surface area (Å²) in [6, 6.07) is 71.1. The fourth-order valence-electron chi connectivity index (χ4n) is 7.64. The molecule has 0 aliphatic carbocycles. The van der Waals surface area contributed by atoms with Gasteiger partial charge in [0.25, 0.3) is 0 Å². The summed E-state index contributed by atoms with van der Waals surface area (Å²) in [5.74, 6) is 2.34. The molecular formula is C52H42N6. The van der Waals surface area contributed by atoms with Gasteiger partial charge >= 0.3 is 0 Å². The SMILES string of the molecule is C/C1=C(\c2ccccc2)N(c2cccc(-c3ccccc3)n2)N(c2cccc(-c3ccccc3)n2)/C(c2ccccc2)=C(/C)N(c2cccc(-c3ccccc3)n2)C1. The first-order valence-electron chi connectivity index (χ1n) is 19.6. The lowest BCUT2D eigenvalue weighted by atomic mass is 10.0. The van der Waals surface area contributed by atoms with Crippen LogP contribution in [-0.2, 0) is 0 Å². The fourth-order valence-corrected chi connectivity index (χ4v) is 7.64. The molecule has 9 rings (SSSR count). The molecule has 0 fully saturated rings. The Balaban J connectivity index is 1.37. The lowest BCUT2D eigenvalue weighted by Crippen LogP contribution is -2.46. The van der Waals surface area contributed by atoms with Crippen molar-refractivity contribution in [2.24, 2.45) is 0 Å². The summed E-state index contributed by atoms with van der Waals surface area (Å²) >= 11 is 0. The van der Waals surface area contributed by atoms with Gasteiger partial charge in [0.1, 0.15) is 5.82 Å². The molecule has 0 spiro atoms. The number of pyridine rings is 3. The number of hydrogen-bond acceptors (Lipinski definition) is 6. The summed E-state index contributed by atoms with van der Waals surface area (Å²) < 4.78 is 0. The van der Waals surface area contributed by atoms with Crippen molar-refractivity contribution in [1.82, 2.24) is 15.0 Å². The van der Waals surface area contributed by atoms with Gasteiger partial charge in [-0.2, -0.15) is 0 Å². The smallest absolute Gasteiger partial charge is 0.153 e. The van der Waals surface area contributed by atoms with E-state index in [1.165, 1.54) is 0 Å². The first-order chi connectivity index (χ1) is 28.6. The second-order valence-electron chi connectivity index (χ2n) is 14.2. The fraction of sp³-hybridized carbons (Fsp3) is 0.0577. The number of anilines is 3. The molecule has 1 aliphatic rings. The summed E-state index contributed by atoms with van der Waals surface area (Å²) in [5.41, 5.74) is 11.9. The quantitative estimate of drug-likeness (QED) is 0.154. The lowest BCUT2D eigenvalue weighted by Gasteiger charge is -2.44. The van der Waals surface area contributed by atoms with E-state index in [-0.39, 0.29) is 0 Å². The molecule has 0 radical (unpaired) electrons. The summed E-state index contributed by atoms with van der Waals surface area (Å²) in [4.78, 5) is 18.6. The molecule has 0 saturated carbocycles. The normalized spacial score (nSPS) is 15.9. The molecule has 5 aromatic carbocycles. The molecule has 6 heteroatoms. The van der Waals surface area contributed by atoms with Crippen molar-refractivity contribution in [2.45, 2.75) is 13.8 Å². The highest BCUT2D eigenvalue weighted by atomic mass is 15.7. The monoisotopic (exact) mass is 750 g/mol. The van der Waals surface area contributed by atoms with Gasteiger partial charge in [-0.25, -0.2) is 25.0 Å². The first-order valence-corrected chi connectivity index (χ1v) is 19.6. The van der Waals surface area contributed by atoms with Crippen LogP contribution in [0.5, 0.6) is 0 Å². The van der Waals surface area contributed by atoms with E-state index in [1.54, 1.807) is 0 Å². The number of hydrazine groups is 1. The summed E-state index contributed by atoms with van der Waals surface area (Å²) in [6.45, 7) is 4.98. The van der Waals surface area contributed by atoms with Crippen LogP contribution >= 0.6 is 0 Å². The number of allylic oxidation sites excluding steroid dienone is 1. The second-order valence-corrected chi connectivity index (χ2v) is 14.2. The molecule has 280 valence electrons. The van der Waals surface area contributed by atoms with Crippen LogP contribution in [0.15, 0.2) is 218 Å². The number of aromatic nitrogens is 3. The molecular weight excluding hydrogens is 709 g/mol. The molecule has 58 heavy (non-hydrogen) atoms. The highest BCUT2D eigenvalue weighted by molar-refractivity contribution is 5.94. The number of benzene rings is 5. The average Bonchev–Trinajstić information content (AvgIpc) is 3.30. The van der Waals surface area contributed by atoms with Crippen molar-refractivity contribution < 1.29 is 0 Å². The minimum atomic E-state index is 0.567. The summed E-state index contributed by atoms with van der Waals surface area (Å²) in [6.07, 6.45) is 0. The summed E-state index contributed by atoms with van der Waals surface area (Å²) in [5, 5.41) is 4.53. The highest BCUT2D eigenvalue weighted by Crippen LogP contribution is 2.42. The van der Waals surface area contributed by atoms with Crippen LogP contribution in [0.1, 0.15) is 25.0 Å². The van der Waals surface area contributed by atoms with Crippen LogP contribution in [-0.4, -0.2) is 21.5 Å². The predicted octanol–water partition coefficient (Wildman–Crippen LogP) is 12.4. The van der Waals surface area contributed by atoms with Crippen molar-refractivity contribution in [2.75, 3.05) is 21.5 Å². The van der Waals surface area contributed by atoms with Gasteiger partial charge in [0.05, 0.1) is 28.5 Å². The van der Waals surface area contributed by atoms with Crippen molar-refractivity contribution in [1.29, 1.82) is 0 Å². The maximum Gasteiger partial charge on any atom is 0.153 e. The Bertz CT molecular complexity index is 2710. The Kier molecular flexibility index (Phi) is 10.1. The van der Waals surface area contributed by atoms with Gasteiger partial charge in [0.2, 0.25) is 0 Å². The van der Waals surface area contributed by atoms with E-state index < -0.39 is 0 Å². The molecule has 0 unspecified atom stereocenters. The highest BCUT2D eigenvalue weighted by Gasteiger charge is 2.35. The third-order valence-corrected chi connectivity index (χ3v) is 10.4. The van der Waals surface area contributed by atoms with Gasteiger partial charge in [0.15, 0.2) is 11.6 Å². The van der Waals surface area contributed by atoms with E-state index in [2.05, 4.69) is 217 Å². The Morgan fingerprint density at radius 2 is 0.655 bits per heavy atom. The molecule has 0 saturated heterocycles. The minimum absolute atomic E-state index is 0.567. The Labute approximate surface area is 340 Å². The zero-order valence-electron chi connectivity index (χ0n) is 32.5. The molecule has 0 atom stereocenters. The van der Waals surface area contributed by atoms with E-state index in [0.29, 0.717) is 6.54 Å². The topological polar surface area (TPSA) is 48.4 Å². The van der Waals surface area contributed by atoms with Crippen molar-refractivity contribution in [3.05, 3.63) is 229 Å². The van der Waals surface area contributed by atoms with E-state index in [1.807, 2.05) is 18.2 Å². The van der Waals surface area contributed by atoms with E-state index in [0.717, 1.165) is 85.0 Å². The van der Waals surface area contributed by atoms with Crippen molar-refractivity contribution >= 4 is 28.8 Å². The van der Waals surface area contributed by atoms with Gasteiger partial charge in [-0.3, -0.25) is 0 Å². The molecule has 1 aliphatic heterocycles. The van der Waals surface area contributed by atoms with E-state index >= 15 is 0 Å². The van der Waals surface area contributed by atoms with Gasteiger partial charge in [-0.15, -0.1) is 0 Å². The van der Waals surface area contributed by atoms with Crippen LogP contribution in [0.4, 0.5) is 17.5 Å². The van der Waals surface area contributed by atoms with E-state index in [4.69, 9.17) is 15.0 Å². The standard InChI is InChI=1S/C52H42N6/c1-38-37-56(48-34-18-31-45(53-48)40-21-8-3-9-22-40)39(2)52(44-29-16-7-17-30-44)58(50-36-20-33-47(55-50)42-25-12-5-13-26-42)57(51(38)43-27-14-6-15-28-43)49-35-19-32-46(54-49)41-23-10-4-11-24-41/h3-36H,37H2,1-2H3/b51-38-,52-39-. The second kappa shape index (κ2) is 16.3. The van der Waals surface area contributed by atoms with Crippen LogP contribution in [0.3, 0.4) is 0 Å². The van der Waals surface area contributed by atoms with E-state index in [9.17, 15) is 0 Å². The van der Waals surface area contributed by atoms with Gasteiger partial charge < -0.3 is 4.90 Å². The third kappa shape index (κ3) is 7.27. The number of hydrogen-bond donors (Lipinski definition) is 0. The Morgan fingerprint density at radius 1 is 0.328 bits per heavy atom. The molecule has 4 heterocycles. The largest absolute Gasteiger partial charge is 0.324 e. The predicted molar refractivity (Wildman–Crippen MR) is 239 cm³/mol. The molecule has 0 bridgehead atoms. The van der Waals surface area contributed by atoms with Crippen LogP contribution in [0.2, 0.25) is 0 Å². The molecule has 8 aromatic rings. The van der Waals surface area contributed by atoms with Gasteiger partial charge in [-0.05, 0) is 55.8 Å². The zero-order valence-corrected chi connectivity index (χ0v) is 32.5. The maximum atomic E-state index is 5.48. The van der Waals surface area contributed by atoms with Crippen LogP contribution < -0.4 is 14.9 Å². The number of rotatable bonds is 8. The Morgan fingerprint density at radius 3 is 1.07 bits per heavy atom. The Hall–Kier alpha value is -7.57. The molecule has 3 aromatic heterocycles. The first kappa shape index (κ1) is 36.1. The van der Waals surface area contributed by atoms with Gasteiger partial charge in [-0.1, -0.05) is 170 Å². The third-order valence-electron chi connectivity index (χ3n) is 10.4. The van der Waals surface area contributed by atoms with Gasteiger partial charge in [0, 0.05) is 40.1 Å². The molecule has 0 amide bonds. The molecule has 6 nitrogen and oxygen atoms in total. The van der Waals surface area contributed by atoms with Crippen LogP contribution in [0.25, 0.3) is 45.2 Å². The van der Waals surface area contributed by atoms with Crippen molar-refractivity contribution in [3.8, 4) is 33.8 Å². The number of nitrogens with zero attached hydrogens (tertiary/aromatic N) is 6.